The second-order valence-corrected chi connectivity index (χ2v) is 4.34. The second kappa shape index (κ2) is 5.86. The molecule has 0 aliphatic carbocycles. The molecule has 1 aromatic rings. The largest absolute Gasteiger partial charge is 0.307 e. The lowest BCUT2D eigenvalue weighted by Gasteiger charge is -2.24. The molecule has 0 spiro atoms. The zero-order valence-electron chi connectivity index (χ0n) is 10.2. The minimum atomic E-state index is 0.400. The van der Waals surface area contributed by atoms with Crippen LogP contribution < -0.4 is 5.32 Å². The van der Waals surface area contributed by atoms with Crippen molar-refractivity contribution in [2.45, 2.75) is 46.2 Å². The Labute approximate surface area is 93.1 Å². The van der Waals surface area contributed by atoms with E-state index in [0.29, 0.717) is 18.0 Å². The van der Waals surface area contributed by atoms with Crippen molar-refractivity contribution in [3.05, 3.63) is 30.1 Å². The normalized spacial score (nSPS) is 17.1. The van der Waals surface area contributed by atoms with Gasteiger partial charge in [-0.3, -0.25) is 4.98 Å². The zero-order valence-corrected chi connectivity index (χ0v) is 10.2. The summed E-state index contributed by atoms with van der Waals surface area (Å²) in [5.41, 5.74) is 1.31. The van der Waals surface area contributed by atoms with Crippen LogP contribution in [-0.4, -0.2) is 11.0 Å². The van der Waals surface area contributed by atoms with Gasteiger partial charge in [0, 0.05) is 24.5 Å². The van der Waals surface area contributed by atoms with Gasteiger partial charge >= 0.3 is 0 Å². The van der Waals surface area contributed by atoms with E-state index in [4.69, 9.17) is 0 Å². The Kier molecular flexibility index (Phi) is 4.76. The van der Waals surface area contributed by atoms with Gasteiger partial charge in [0.2, 0.25) is 0 Å². The molecule has 0 aliphatic rings. The van der Waals surface area contributed by atoms with Crippen LogP contribution in [0.4, 0.5) is 0 Å². The minimum Gasteiger partial charge on any atom is -0.307 e. The van der Waals surface area contributed by atoms with Gasteiger partial charge in [0.1, 0.15) is 0 Å². The molecule has 0 aromatic carbocycles. The molecule has 0 saturated heterocycles. The summed E-state index contributed by atoms with van der Waals surface area (Å²) in [6, 6.07) is 5.09. The summed E-state index contributed by atoms with van der Waals surface area (Å²) in [6.07, 6.45) is 4.92. The highest BCUT2D eigenvalue weighted by molar-refractivity contribution is 5.14. The second-order valence-electron chi connectivity index (χ2n) is 4.34. The third kappa shape index (κ3) is 3.63. The lowest BCUT2D eigenvalue weighted by Crippen LogP contribution is -2.33. The number of nitrogens with zero attached hydrogens (tertiary/aromatic N) is 1. The predicted molar refractivity (Wildman–Crippen MR) is 64.7 cm³/mol. The van der Waals surface area contributed by atoms with Crippen molar-refractivity contribution in [1.29, 1.82) is 0 Å². The van der Waals surface area contributed by atoms with Crippen LogP contribution in [0.2, 0.25) is 0 Å². The zero-order chi connectivity index (χ0) is 11.3. The lowest BCUT2D eigenvalue weighted by atomic mass is 9.99. The van der Waals surface area contributed by atoms with E-state index < -0.39 is 0 Å². The average molecular weight is 206 g/mol. The van der Waals surface area contributed by atoms with Gasteiger partial charge in [0.25, 0.3) is 0 Å². The Morgan fingerprint density at radius 3 is 2.33 bits per heavy atom. The third-order valence-corrected chi connectivity index (χ3v) is 3.22. The molecule has 1 rings (SSSR count). The maximum Gasteiger partial charge on any atom is 0.0295 e. The summed E-state index contributed by atoms with van der Waals surface area (Å²) in [6.45, 7) is 8.98. The highest BCUT2D eigenvalue weighted by Crippen LogP contribution is 2.15. The van der Waals surface area contributed by atoms with Crippen LogP contribution in [0.5, 0.6) is 0 Å². The standard InChI is InChI=1S/C13H22N2/c1-5-10(2)11(3)15-12(4)13-6-8-14-9-7-13/h6-12,15H,5H2,1-4H3/t10?,11?,12-/m1/s1. The minimum absolute atomic E-state index is 0.400. The Bertz CT molecular complexity index is 271. The fourth-order valence-corrected chi connectivity index (χ4v) is 1.66. The molecule has 0 bridgehead atoms. The Balaban J connectivity index is 2.52. The van der Waals surface area contributed by atoms with Crippen LogP contribution in [-0.2, 0) is 0 Å². The summed E-state index contributed by atoms with van der Waals surface area (Å²) in [5, 5.41) is 3.62. The highest BCUT2D eigenvalue weighted by Gasteiger charge is 2.13. The van der Waals surface area contributed by atoms with Gasteiger partial charge in [0.05, 0.1) is 0 Å². The first kappa shape index (κ1) is 12.2. The molecule has 2 heteroatoms. The molecule has 0 radical (unpaired) electrons. The van der Waals surface area contributed by atoms with Crippen molar-refractivity contribution in [3.8, 4) is 0 Å². The number of aromatic nitrogens is 1. The van der Waals surface area contributed by atoms with E-state index in [0.717, 1.165) is 0 Å². The first-order chi connectivity index (χ1) is 7.15. The van der Waals surface area contributed by atoms with Gasteiger partial charge in [-0.2, -0.15) is 0 Å². The van der Waals surface area contributed by atoms with Crippen LogP contribution in [0.25, 0.3) is 0 Å². The molecule has 0 aliphatic heterocycles. The first-order valence-electron chi connectivity index (χ1n) is 5.81. The van der Waals surface area contributed by atoms with Crippen molar-refractivity contribution in [2.75, 3.05) is 0 Å². The number of nitrogens with one attached hydrogen (secondary N) is 1. The van der Waals surface area contributed by atoms with Crippen LogP contribution in [0, 0.1) is 5.92 Å². The molecule has 15 heavy (non-hydrogen) atoms. The molecule has 1 heterocycles. The summed E-state index contributed by atoms with van der Waals surface area (Å²) in [4.78, 5) is 4.03. The van der Waals surface area contributed by atoms with E-state index in [1.165, 1.54) is 12.0 Å². The molecule has 0 saturated carbocycles. The molecule has 84 valence electrons. The Morgan fingerprint density at radius 2 is 1.80 bits per heavy atom. The van der Waals surface area contributed by atoms with Crippen LogP contribution in [0.1, 0.15) is 45.7 Å². The van der Waals surface area contributed by atoms with E-state index >= 15 is 0 Å². The molecule has 1 N–H and O–H groups in total. The van der Waals surface area contributed by atoms with Crippen molar-refractivity contribution < 1.29 is 0 Å². The monoisotopic (exact) mass is 206 g/mol. The number of hydrogen-bond donors (Lipinski definition) is 1. The molecular formula is C13H22N2. The predicted octanol–water partition coefficient (Wildman–Crippen LogP) is 3.17. The van der Waals surface area contributed by atoms with Crippen molar-refractivity contribution in [2.24, 2.45) is 5.92 Å². The Morgan fingerprint density at radius 1 is 1.20 bits per heavy atom. The highest BCUT2D eigenvalue weighted by atomic mass is 14.9. The maximum atomic E-state index is 4.03. The number of rotatable bonds is 5. The van der Waals surface area contributed by atoms with Crippen LogP contribution in [0.3, 0.4) is 0 Å². The topological polar surface area (TPSA) is 24.9 Å². The fraction of sp³-hybridized carbons (Fsp3) is 0.615. The fourth-order valence-electron chi connectivity index (χ4n) is 1.66. The third-order valence-electron chi connectivity index (χ3n) is 3.22. The van der Waals surface area contributed by atoms with Crippen LogP contribution in [0.15, 0.2) is 24.5 Å². The first-order valence-corrected chi connectivity index (χ1v) is 5.81. The average Bonchev–Trinajstić information content (AvgIpc) is 2.29. The summed E-state index contributed by atoms with van der Waals surface area (Å²) < 4.78 is 0. The van der Waals surface area contributed by atoms with Crippen molar-refractivity contribution in [1.82, 2.24) is 10.3 Å². The molecule has 1 aromatic heterocycles. The van der Waals surface area contributed by atoms with E-state index in [2.05, 4.69) is 50.1 Å². The van der Waals surface area contributed by atoms with Crippen LogP contribution >= 0.6 is 0 Å². The van der Waals surface area contributed by atoms with E-state index in [9.17, 15) is 0 Å². The van der Waals surface area contributed by atoms with E-state index in [1.54, 1.807) is 0 Å². The van der Waals surface area contributed by atoms with Gasteiger partial charge in [-0.25, -0.2) is 0 Å². The Hall–Kier alpha value is -0.890. The van der Waals surface area contributed by atoms with Crippen molar-refractivity contribution >= 4 is 0 Å². The summed E-state index contributed by atoms with van der Waals surface area (Å²) >= 11 is 0. The quantitative estimate of drug-likeness (QED) is 0.800. The smallest absolute Gasteiger partial charge is 0.0295 e. The summed E-state index contributed by atoms with van der Waals surface area (Å²) in [7, 11) is 0. The molecule has 2 unspecified atom stereocenters. The number of hydrogen-bond acceptors (Lipinski definition) is 2. The number of pyridine rings is 1. The SMILES string of the molecule is CCC(C)C(C)N[C@H](C)c1ccncc1. The molecular weight excluding hydrogens is 184 g/mol. The molecule has 0 amide bonds. The van der Waals surface area contributed by atoms with Crippen molar-refractivity contribution in [3.63, 3.8) is 0 Å². The lowest BCUT2D eigenvalue weighted by molar-refractivity contribution is 0.360. The van der Waals surface area contributed by atoms with E-state index in [1.807, 2.05) is 12.4 Å². The van der Waals surface area contributed by atoms with Gasteiger partial charge < -0.3 is 5.32 Å². The molecule has 3 atom stereocenters. The molecule has 0 fully saturated rings. The van der Waals surface area contributed by atoms with Gasteiger partial charge in [-0.1, -0.05) is 20.3 Å². The van der Waals surface area contributed by atoms with E-state index in [-0.39, 0.29) is 0 Å². The van der Waals surface area contributed by atoms with Gasteiger partial charge in [-0.05, 0) is 37.5 Å². The van der Waals surface area contributed by atoms with Gasteiger partial charge in [-0.15, -0.1) is 0 Å². The maximum absolute atomic E-state index is 4.03. The molecule has 2 nitrogen and oxygen atoms in total. The van der Waals surface area contributed by atoms with Gasteiger partial charge in [0.15, 0.2) is 0 Å². The summed E-state index contributed by atoms with van der Waals surface area (Å²) in [5.74, 6) is 0.717.